The average molecular weight is 394 g/mol. The smallest absolute Gasteiger partial charge is 0.204 e. The van der Waals surface area contributed by atoms with Crippen molar-refractivity contribution in [2.45, 2.75) is 26.7 Å². The third kappa shape index (κ3) is 5.76. The van der Waals surface area contributed by atoms with Crippen LogP contribution in [0.2, 0.25) is 0 Å². The zero-order valence-electron chi connectivity index (χ0n) is 16.0. The fraction of sp³-hybridized carbons (Fsp3) is 0.227. The summed E-state index contributed by atoms with van der Waals surface area (Å²) < 4.78 is 5.79. The van der Waals surface area contributed by atoms with Crippen LogP contribution in [0.5, 0.6) is 5.75 Å². The Bertz CT molecular complexity index is 934. The van der Waals surface area contributed by atoms with Crippen molar-refractivity contribution in [2.24, 2.45) is 5.10 Å². The number of hydrogen-bond donors (Lipinski definition) is 1. The molecule has 5 nitrogen and oxygen atoms in total. The van der Waals surface area contributed by atoms with Crippen molar-refractivity contribution in [1.82, 2.24) is 4.98 Å². The lowest BCUT2D eigenvalue weighted by atomic mass is 10.1. The number of carbonyl (C=O) groups is 1. The van der Waals surface area contributed by atoms with Crippen molar-refractivity contribution < 1.29 is 9.53 Å². The molecule has 1 aromatic heterocycles. The van der Waals surface area contributed by atoms with Crippen LogP contribution in [-0.2, 0) is 6.42 Å². The number of thiazole rings is 1. The van der Waals surface area contributed by atoms with Crippen molar-refractivity contribution >= 4 is 28.5 Å². The molecule has 1 N–H and O–H groups in total. The molecule has 0 aliphatic rings. The molecule has 144 valence electrons. The van der Waals surface area contributed by atoms with Gasteiger partial charge in [-0.25, -0.2) is 4.98 Å². The summed E-state index contributed by atoms with van der Waals surface area (Å²) in [5.74, 6) is 0.867. The first kappa shape index (κ1) is 19.8. The van der Waals surface area contributed by atoms with Crippen molar-refractivity contribution in [3.8, 4) is 5.75 Å². The van der Waals surface area contributed by atoms with Gasteiger partial charge in [-0.3, -0.25) is 10.2 Å². The van der Waals surface area contributed by atoms with Gasteiger partial charge in [0.05, 0.1) is 23.4 Å². The number of nitrogens with one attached hydrogen (secondary N) is 1. The van der Waals surface area contributed by atoms with Crippen LogP contribution in [0.3, 0.4) is 0 Å². The summed E-state index contributed by atoms with van der Waals surface area (Å²) in [6.45, 7) is 4.05. The molecule has 3 rings (SSSR count). The molecule has 6 heteroatoms. The highest BCUT2D eigenvalue weighted by atomic mass is 32.1. The van der Waals surface area contributed by atoms with Gasteiger partial charge in [-0.2, -0.15) is 5.10 Å². The molecular weight excluding hydrogens is 370 g/mol. The van der Waals surface area contributed by atoms with Gasteiger partial charge in [0, 0.05) is 6.92 Å². The molecular formula is C22H23N3O2S. The number of nitrogens with zero attached hydrogens (tertiary/aromatic N) is 2. The lowest BCUT2D eigenvalue weighted by molar-refractivity contribution is 0.102. The van der Waals surface area contributed by atoms with Crippen LogP contribution in [0.1, 0.15) is 39.8 Å². The van der Waals surface area contributed by atoms with Gasteiger partial charge >= 0.3 is 0 Å². The number of ether oxygens (including phenoxy) is 1. The first-order valence-corrected chi connectivity index (χ1v) is 9.97. The Labute approximate surface area is 169 Å². The summed E-state index contributed by atoms with van der Waals surface area (Å²) in [6.07, 6.45) is 3.70. The van der Waals surface area contributed by atoms with Crippen LogP contribution in [0.15, 0.2) is 59.7 Å². The van der Waals surface area contributed by atoms with E-state index < -0.39 is 0 Å². The zero-order chi connectivity index (χ0) is 19.8. The average Bonchev–Trinajstić information content (AvgIpc) is 3.08. The van der Waals surface area contributed by atoms with Crippen molar-refractivity contribution in [2.75, 3.05) is 12.0 Å². The Morgan fingerprint density at radius 2 is 1.93 bits per heavy atom. The maximum absolute atomic E-state index is 11.5. The predicted molar refractivity (Wildman–Crippen MR) is 115 cm³/mol. The summed E-state index contributed by atoms with van der Waals surface area (Å²) >= 11 is 1.31. The Balaban J connectivity index is 1.44. The van der Waals surface area contributed by atoms with Crippen LogP contribution in [0.4, 0.5) is 5.13 Å². The summed E-state index contributed by atoms with van der Waals surface area (Å²) in [5, 5.41) is 4.79. The Morgan fingerprint density at radius 1 is 1.18 bits per heavy atom. The number of carbonyl (C=O) groups excluding carboxylic acids is 1. The van der Waals surface area contributed by atoms with Crippen LogP contribution in [-0.4, -0.2) is 23.6 Å². The van der Waals surface area contributed by atoms with E-state index in [2.05, 4.69) is 39.8 Å². The predicted octanol–water partition coefficient (Wildman–Crippen LogP) is 5.11. The maximum Gasteiger partial charge on any atom is 0.204 e. The molecule has 0 amide bonds. The van der Waals surface area contributed by atoms with Gasteiger partial charge in [0.2, 0.25) is 5.13 Å². The molecule has 0 atom stereocenters. The van der Waals surface area contributed by atoms with Gasteiger partial charge in [-0.05, 0) is 55.2 Å². The van der Waals surface area contributed by atoms with Crippen LogP contribution in [0.25, 0.3) is 0 Å². The molecule has 0 saturated carbocycles. The SMILES string of the molecule is CC(=O)c1sc(N/N=C\c2ccc(OCCCc3ccccc3)cc2)nc1C. The van der Waals surface area contributed by atoms with Crippen LogP contribution >= 0.6 is 11.3 Å². The highest BCUT2D eigenvalue weighted by Crippen LogP contribution is 2.22. The number of rotatable bonds is 9. The zero-order valence-corrected chi connectivity index (χ0v) is 16.8. The summed E-state index contributed by atoms with van der Waals surface area (Å²) in [6, 6.07) is 18.2. The van der Waals surface area contributed by atoms with E-state index in [9.17, 15) is 4.79 Å². The Hall–Kier alpha value is -2.99. The minimum atomic E-state index is 0.0198. The lowest BCUT2D eigenvalue weighted by Gasteiger charge is -2.06. The standard InChI is InChI=1S/C22H23N3O2S/c1-16-21(17(2)26)28-22(24-16)25-23-15-19-10-12-20(13-11-19)27-14-6-9-18-7-4-3-5-8-18/h3-5,7-8,10-13,15H,6,9,14H2,1-2H3,(H,24,25)/b23-15-. The van der Waals surface area contributed by atoms with Gasteiger partial charge in [0.25, 0.3) is 0 Å². The van der Waals surface area contributed by atoms with E-state index in [1.54, 1.807) is 13.1 Å². The number of ketones is 1. The normalized spacial score (nSPS) is 10.9. The minimum absolute atomic E-state index is 0.0198. The van der Waals surface area contributed by atoms with E-state index in [0.29, 0.717) is 16.6 Å². The molecule has 28 heavy (non-hydrogen) atoms. The quantitative estimate of drug-likeness (QED) is 0.237. The summed E-state index contributed by atoms with van der Waals surface area (Å²) in [7, 11) is 0. The molecule has 0 unspecified atom stereocenters. The Kier molecular flexibility index (Phi) is 6.92. The van der Waals surface area contributed by atoms with Crippen molar-refractivity contribution in [1.29, 1.82) is 0 Å². The minimum Gasteiger partial charge on any atom is -0.494 e. The maximum atomic E-state index is 11.5. The first-order chi connectivity index (χ1) is 13.6. The molecule has 0 spiro atoms. The third-order valence-electron chi connectivity index (χ3n) is 4.09. The largest absolute Gasteiger partial charge is 0.494 e. The van der Waals surface area contributed by atoms with Gasteiger partial charge < -0.3 is 4.74 Å². The number of benzene rings is 2. The number of Topliss-reactive ketones (excluding diaryl/α,β-unsaturated/α-hetero) is 1. The topological polar surface area (TPSA) is 63.6 Å². The van der Waals surface area contributed by atoms with Gasteiger partial charge in [0.1, 0.15) is 5.75 Å². The van der Waals surface area contributed by atoms with Gasteiger partial charge in [0.15, 0.2) is 5.78 Å². The lowest BCUT2D eigenvalue weighted by Crippen LogP contribution is -1.99. The van der Waals surface area contributed by atoms with E-state index in [0.717, 1.165) is 29.8 Å². The number of aromatic nitrogens is 1. The van der Waals surface area contributed by atoms with E-state index >= 15 is 0 Å². The molecule has 0 radical (unpaired) electrons. The second-order valence-corrected chi connectivity index (χ2v) is 7.37. The highest BCUT2D eigenvalue weighted by Gasteiger charge is 2.10. The molecule has 3 aromatic rings. The Morgan fingerprint density at radius 3 is 2.61 bits per heavy atom. The van der Waals surface area contributed by atoms with Crippen LogP contribution < -0.4 is 10.2 Å². The van der Waals surface area contributed by atoms with Gasteiger partial charge in [-0.1, -0.05) is 41.7 Å². The highest BCUT2D eigenvalue weighted by molar-refractivity contribution is 7.17. The molecule has 1 heterocycles. The van der Waals surface area contributed by atoms with Crippen molar-refractivity contribution in [3.63, 3.8) is 0 Å². The fourth-order valence-electron chi connectivity index (χ4n) is 2.69. The van der Waals surface area contributed by atoms with E-state index in [1.807, 2.05) is 37.3 Å². The van der Waals surface area contributed by atoms with Crippen molar-refractivity contribution in [3.05, 3.63) is 76.3 Å². The monoisotopic (exact) mass is 393 g/mol. The van der Waals surface area contributed by atoms with E-state index in [-0.39, 0.29) is 5.78 Å². The number of aryl methyl sites for hydroxylation is 2. The molecule has 0 bridgehead atoms. The first-order valence-electron chi connectivity index (χ1n) is 9.16. The second kappa shape index (κ2) is 9.80. The number of hydrogen-bond acceptors (Lipinski definition) is 6. The molecule has 0 saturated heterocycles. The number of anilines is 1. The summed E-state index contributed by atoms with van der Waals surface area (Å²) in [5.41, 5.74) is 5.88. The fourth-order valence-corrected chi connectivity index (χ4v) is 3.51. The second-order valence-electron chi connectivity index (χ2n) is 6.37. The molecule has 0 fully saturated rings. The summed E-state index contributed by atoms with van der Waals surface area (Å²) in [4.78, 5) is 16.4. The molecule has 2 aromatic carbocycles. The molecule has 0 aliphatic heterocycles. The van der Waals surface area contributed by atoms with E-state index in [4.69, 9.17) is 4.74 Å². The van der Waals surface area contributed by atoms with Gasteiger partial charge in [-0.15, -0.1) is 0 Å². The van der Waals surface area contributed by atoms with E-state index in [1.165, 1.54) is 16.9 Å². The number of hydrazone groups is 1. The third-order valence-corrected chi connectivity index (χ3v) is 5.25. The van der Waals surface area contributed by atoms with Crippen LogP contribution in [0, 0.1) is 6.92 Å². The molecule has 0 aliphatic carbocycles.